The van der Waals surface area contributed by atoms with Gasteiger partial charge in [0.2, 0.25) is 11.8 Å². The molecule has 0 aliphatic heterocycles. The highest BCUT2D eigenvalue weighted by atomic mass is 16.5. The molecule has 20 heavy (non-hydrogen) atoms. The second-order valence-corrected chi connectivity index (χ2v) is 4.90. The van der Waals surface area contributed by atoms with Crippen LogP contribution in [0.1, 0.15) is 26.3 Å². The van der Waals surface area contributed by atoms with E-state index in [1.165, 1.54) is 6.92 Å². The normalized spacial score (nSPS) is 10.2. The van der Waals surface area contributed by atoms with Crippen LogP contribution in [-0.4, -0.2) is 25.5 Å². The number of carbonyl (C=O) groups excluding carboxylic acids is 2. The molecule has 1 rings (SSSR count). The Bertz CT molecular complexity index is 484. The third-order valence-electron chi connectivity index (χ3n) is 2.82. The summed E-state index contributed by atoms with van der Waals surface area (Å²) in [5.41, 5.74) is 1.67. The van der Waals surface area contributed by atoms with E-state index in [0.717, 1.165) is 17.0 Å². The maximum atomic E-state index is 11.5. The second kappa shape index (κ2) is 7.53. The number of amides is 2. The fourth-order valence-corrected chi connectivity index (χ4v) is 1.78. The molecule has 0 aromatic heterocycles. The Labute approximate surface area is 119 Å². The smallest absolute Gasteiger partial charge is 0.222 e. The second-order valence-electron chi connectivity index (χ2n) is 4.90. The van der Waals surface area contributed by atoms with Gasteiger partial charge in [-0.2, -0.15) is 0 Å². The number of rotatable bonds is 6. The lowest BCUT2D eigenvalue weighted by Gasteiger charge is -2.12. The van der Waals surface area contributed by atoms with Gasteiger partial charge in [-0.25, -0.2) is 0 Å². The Balaban J connectivity index is 2.71. The van der Waals surface area contributed by atoms with E-state index in [0.29, 0.717) is 13.0 Å². The van der Waals surface area contributed by atoms with Crippen LogP contribution in [0.4, 0.5) is 5.69 Å². The summed E-state index contributed by atoms with van der Waals surface area (Å²) in [7, 11) is 1.60. The van der Waals surface area contributed by atoms with Gasteiger partial charge in [-0.3, -0.25) is 9.59 Å². The van der Waals surface area contributed by atoms with Crippen molar-refractivity contribution in [2.24, 2.45) is 5.92 Å². The van der Waals surface area contributed by atoms with E-state index >= 15 is 0 Å². The number of hydrogen-bond donors (Lipinski definition) is 2. The van der Waals surface area contributed by atoms with Crippen LogP contribution in [0.2, 0.25) is 0 Å². The number of anilines is 1. The van der Waals surface area contributed by atoms with E-state index in [-0.39, 0.29) is 17.7 Å². The monoisotopic (exact) mass is 278 g/mol. The van der Waals surface area contributed by atoms with E-state index < -0.39 is 0 Å². The number of hydrogen-bond acceptors (Lipinski definition) is 3. The molecule has 0 saturated heterocycles. The number of carbonyl (C=O) groups is 2. The predicted molar refractivity (Wildman–Crippen MR) is 78.8 cm³/mol. The van der Waals surface area contributed by atoms with Gasteiger partial charge in [0.05, 0.1) is 7.11 Å². The van der Waals surface area contributed by atoms with Crippen LogP contribution in [0.5, 0.6) is 5.75 Å². The lowest BCUT2D eigenvalue weighted by Crippen LogP contribution is -2.29. The Kier molecular flexibility index (Phi) is 6.03. The van der Waals surface area contributed by atoms with Crippen molar-refractivity contribution in [3.05, 3.63) is 23.8 Å². The van der Waals surface area contributed by atoms with Gasteiger partial charge in [-0.05, 0) is 30.2 Å². The molecule has 0 bridgehead atoms. The maximum Gasteiger partial charge on any atom is 0.222 e. The Morgan fingerprint density at radius 3 is 2.55 bits per heavy atom. The van der Waals surface area contributed by atoms with Crippen molar-refractivity contribution in [2.75, 3.05) is 19.0 Å². The minimum absolute atomic E-state index is 0.0254. The highest BCUT2D eigenvalue weighted by Gasteiger charge is 2.08. The molecular weight excluding hydrogens is 256 g/mol. The van der Waals surface area contributed by atoms with Crippen LogP contribution in [0.3, 0.4) is 0 Å². The van der Waals surface area contributed by atoms with Crippen LogP contribution in [0.25, 0.3) is 0 Å². The minimum Gasteiger partial charge on any atom is -0.496 e. The van der Waals surface area contributed by atoms with Gasteiger partial charge < -0.3 is 15.4 Å². The molecule has 5 heteroatoms. The van der Waals surface area contributed by atoms with E-state index in [4.69, 9.17) is 4.74 Å². The summed E-state index contributed by atoms with van der Waals surface area (Å²) in [6.45, 7) is 5.71. The number of methoxy groups -OCH3 is 1. The standard InChI is InChI=1S/C15H22N2O3/c1-10(2)15(19)16-8-7-12-9-13(17-11(3)18)5-6-14(12)20-4/h5-6,9-10H,7-8H2,1-4H3,(H,16,19)(H,17,18). The summed E-state index contributed by atoms with van der Waals surface area (Å²) in [6.07, 6.45) is 0.648. The molecule has 0 heterocycles. The Morgan fingerprint density at radius 2 is 2.00 bits per heavy atom. The molecule has 0 aliphatic carbocycles. The van der Waals surface area contributed by atoms with Crippen molar-refractivity contribution in [2.45, 2.75) is 27.2 Å². The molecule has 2 amide bonds. The Morgan fingerprint density at radius 1 is 1.30 bits per heavy atom. The van der Waals surface area contributed by atoms with E-state index in [2.05, 4.69) is 10.6 Å². The summed E-state index contributed by atoms with van der Waals surface area (Å²) in [6, 6.07) is 5.46. The van der Waals surface area contributed by atoms with Crippen molar-refractivity contribution in [3.63, 3.8) is 0 Å². The average molecular weight is 278 g/mol. The number of ether oxygens (including phenoxy) is 1. The van der Waals surface area contributed by atoms with Crippen LogP contribution in [0.15, 0.2) is 18.2 Å². The van der Waals surface area contributed by atoms with Gasteiger partial charge in [-0.1, -0.05) is 13.8 Å². The third-order valence-corrected chi connectivity index (χ3v) is 2.82. The molecule has 110 valence electrons. The molecule has 0 fully saturated rings. The van der Waals surface area contributed by atoms with Gasteiger partial charge in [0.15, 0.2) is 0 Å². The van der Waals surface area contributed by atoms with E-state index in [9.17, 15) is 9.59 Å². The van der Waals surface area contributed by atoms with Gasteiger partial charge in [0, 0.05) is 25.1 Å². The molecule has 5 nitrogen and oxygen atoms in total. The quantitative estimate of drug-likeness (QED) is 0.836. The van der Waals surface area contributed by atoms with Crippen molar-refractivity contribution >= 4 is 17.5 Å². The summed E-state index contributed by atoms with van der Waals surface area (Å²) in [4.78, 5) is 22.6. The Hall–Kier alpha value is -2.04. The SMILES string of the molecule is COc1ccc(NC(C)=O)cc1CCNC(=O)C(C)C. The molecule has 0 radical (unpaired) electrons. The van der Waals surface area contributed by atoms with E-state index in [1.54, 1.807) is 13.2 Å². The fourth-order valence-electron chi connectivity index (χ4n) is 1.78. The number of nitrogens with one attached hydrogen (secondary N) is 2. The van der Waals surface area contributed by atoms with E-state index in [1.807, 2.05) is 26.0 Å². The zero-order valence-corrected chi connectivity index (χ0v) is 12.4. The van der Waals surface area contributed by atoms with Crippen molar-refractivity contribution < 1.29 is 14.3 Å². The first-order valence-electron chi connectivity index (χ1n) is 6.66. The molecule has 1 aromatic rings. The molecule has 1 aromatic carbocycles. The first-order valence-corrected chi connectivity index (χ1v) is 6.66. The van der Waals surface area contributed by atoms with Gasteiger partial charge in [-0.15, -0.1) is 0 Å². The first-order chi connectivity index (χ1) is 9.43. The van der Waals surface area contributed by atoms with Gasteiger partial charge >= 0.3 is 0 Å². The summed E-state index contributed by atoms with van der Waals surface area (Å²) >= 11 is 0. The van der Waals surface area contributed by atoms with Crippen LogP contribution in [-0.2, 0) is 16.0 Å². The molecule has 0 unspecified atom stereocenters. The van der Waals surface area contributed by atoms with Gasteiger partial charge in [0.1, 0.15) is 5.75 Å². The molecule has 0 atom stereocenters. The average Bonchev–Trinajstić information content (AvgIpc) is 2.38. The molecule has 0 spiro atoms. The molecule has 0 aliphatic rings. The molecular formula is C15H22N2O3. The van der Waals surface area contributed by atoms with Crippen LogP contribution < -0.4 is 15.4 Å². The van der Waals surface area contributed by atoms with Crippen molar-refractivity contribution in [1.82, 2.24) is 5.32 Å². The third kappa shape index (κ3) is 4.91. The van der Waals surface area contributed by atoms with Crippen LogP contribution >= 0.6 is 0 Å². The molecule has 2 N–H and O–H groups in total. The lowest BCUT2D eigenvalue weighted by atomic mass is 10.1. The maximum absolute atomic E-state index is 11.5. The van der Waals surface area contributed by atoms with Gasteiger partial charge in [0.25, 0.3) is 0 Å². The summed E-state index contributed by atoms with van der Waals surface area (Å²) in [5.74, 6) is 0.636. The fraction of sp³-hybridized carbons (Fsp3) is 0.467. The predicted octanol–water partition coefficient (Wildman–Crippen LogP) is 1.97. The topological polar surface area (TPSA) is 67.4 Å². The lowest BCUT2D eigenvalue weighted by molar-refractivity contribution is -0.124. The van der Waals surface area contributed by atoms with Crippen molar-refractivity contribution in [3.8, 4) is 5.75 Å². The summed E-state index contributed by atoms with van der Waals surface area (Å²) < 4.78 is 5.28. The molecule has 0 saturated carbocycles. The zero-order valence-electron chi connectivity index (χ0n) is 12.4. The van der Waals surface area contributed by atoms with Crippen molar-refractivity contribution in [1.29, 1.82) is 0 Å². The largest absolute Gasteiger partial charge is 0.496 e. The highest BCUT2D eigenvalue weighted by molar-refractivity contribution is 5.88. The van der Waals surface area contributed by atoms with Crippen LogP contribution in [0, 0.1) is 5.92 Å². The minimum atomic E-state index is -0.116. The first kappa shape index (κ1) is 16.0. The zero-order chi connectivity index (χ0) is 15.1. The number of benzene rings is 1. The highest BCUT2D eigenvalue weighted by Crippen LogP contribution is 2.23. The summed E-state index contributed by atoms with van der Waals surface area (Å²) in [5, 5.41) is 5.59.